The van der Waals surface area contributed by atoms with Gasteiger partial charge in [-0.15, -0.1) is 0 Å². The summed E-state index contributed by atoms with van der Waals surface area (Å²) in [4.78, 5) is 22.6. The van der Waals surface area contributed by atoms with Crippen molar-refractivity contribution in [3.63, 3.8) is 0 Å². The number of rotatable bonds is 3. The molecule has 2 rings (SSSR count). The SMILES string of the molecule is O=C(O)C1CCCN(CC2=CCOO2)C1. The van der Waals surface area contributed by atoms with E-state index >= 15 is 0 Å². The van der Waals surface area contributed by atoms with Crippen LogP contribution >= 0.6 is 0 Å². The van der Waals surface area contributed by atoms with E-state index < -0.39 is 5.97 Å². The number of hydrogen-bond acceptors (Lipinski definition) is 4. The van der Waals surface area contributed by atoms with Gasteiger partial charge in [0.15, 0.2) is 5.76 Å². The largest absolute Gasteiger partial charge is 0.481 e. The number of aliphatic carboxylic acids is 1. The molecular formula is C10H15NO4. The number of nitrogens with zero attached hydrogens (tertiary/aromatic N) is 1. The van der Waals surface area contributed by atoms with Crippen molar-refractivity contribution in [2.75, 3.05) is 26.2 Å². The maximum absolute atomic E-state index is 10.8. The van der Waals surface area contributed by atoms with Crippen LogP contribution < -0.4 is 0 Å². The summed E-state index contributed by atoms with van der Waals surface area (Å²) >= 11 is 0. The van der Waals surface area contributed by atoms with Crippen molar-refractivity contribution in [2.24, 2.45) is 5.92 Å². The molecule has 0 aromatic carbocycles. The zero-order valence-corrected chi connectivity index (χ0v) is 8.52. The van der Waals surface area contributed by atoms with Gasteiger partial charge in [0.25, 0.3) is 0 Å². The second-order valence-electron chi connectivity index (χ2n) is 3.95. The van der Waals surface area contributed by atoms with Gasteiger partial charge in [-0.3, -0.25) is 9.69 Å². The highest BCUT2D eigenvalue weighted by molar-refractivity contribution is 5.70. The Labute approximate surface area is 88.2 Å². The highest BCUT2D eigenvalue weighted by Gasteiger charge is 2.26. The third-order valence-electron chi connectivity index (χ3n) is 2.78. The standard InChI is InChI=1S/C10H15NO4/c12-10(13)8-2-1-4-11(6-8)7-9-3-5-14-15-9/h3,8H,1-2,4-7H2,(H,12,13). The number of likely N-dealkylation sites (tertiary alicyclic amines) is 1. The topological polar surface area (TPSA) is 59.0 Å². The molecule has 1 fully saturated rings. The lowest BCUT2D eigenvalue weighted by Gasteiger charge is -2.30. The van der Waals surface area contributed by atoms with Crippen LogP contribution in [0.4, 0.5) is 0 Å². The average Bonchev–Trinajstić information content (AvgIpc) is 2.71. The van der Waals surface area contributed by atoms with Crippen LogP contribution in [0.15, 0.2) is 11.8 Å². The molecule has 0 radical (unpaired) electrons. The summed E-state index contributed by atoms with van der Waals surface area (Å²) in [7, 11) is 0. The summed E-state index contributed by atoms with van der Waals surface area (Å²) in [5, 5.41) is 8.92. The molecule has 84 valence electrons. The van der Waals surface area contributed by atoms with E-state index in [0.717, 1.165) is 25.1 Å². The number of piperidine rings is 1. The molecule has 2 aliphatic heterocycles. The van der Waals surface area contributed by atoms with E-state index in [1.165, 1.54) is 0 Å². The Kier molecular flexibility index (Phi) is 3.23. The third kappa shape index (κ3) is 2.70. The van der Waals surface area contributed by atoms with Gasteiger partial charge in [-0.2, -0.15) is 4.89 Å². The first-order chi connectivity index (χ1) is 7.25. The molecule has 1 unspecified atom stereocenters. The van der Waals surface area contributed by atoms with Crippen molar-refractivity contribution in [2.45, 2.75) is 12.8 Å². The quantitative estimate of drug-likeness (QED) is 0.697. The van der Waals surface area contributed by atoms with Crippen LogP contribution in [-0.4, -0.2) is 42.2 Å². The molecule has 1 atom stereocenters. The molecule has 1 N–H and O–H groups in total. The van der Waals surface area contributed by atoms with Crippen LogP contribution in [0.3, 0.4) is 0 Å². The van der Waals surface area contributed by atoms with Crippen LogP contribution in [0.25, 0.3) is 0 Å². The molecule has 0 saturated carbocycles. The van der Waals surface area contributed by atoms with Gasteiger partial charge in [0.1, 0.15) is 6.61 Å². The first-order valence-corrected chi connectivity index (χ1v) is 5.19. The third-order valence-corrected chi connectivity index (χ3v) is 2.78. The van der Waals surface area contributed by atoms with Gasteiger partial charge >= 0.3 is 5.97 Å². The Hall–Kier alpha value is -1.07. The Morgan fingerprint density at radius 2 is 2.53 bits per heavy atom. The second-order valence-corrected chi connectivity index (χ2v) is 3.95. The first kappa shape index (κ1) is 10.4. The fraction of sp³-hybridized carbons (Fsp3) is 0.700. The van der Waals surface area contributed by atoms with Crippen molar-refractivity contribution in [3.05, 3.63) is 11.8 Å². The Morgan fingerprint density at radius 3 is 3.20 bits per heavy atom. The number of hydrogen-bond donors (Lipinski definition) is 1. The summed E-state index contributed by atoms with van der Waals surface area (Å²) in [6, 6.07) is 0. The van der Waals surface area contributed by atoms with E-state index in [1.54, 1.807) is 0 Å². The lowest BCUT2D eigenvalue weighted by molar-refractivity contribution is -0.236. The highest BCUT2D eigenvalue weighted by atomic mass is 17.2. The molecule has 0 aromatic rings. The Balaban J connectivity index is 1.84. The summed E-state index contributed by atoms with van der Waals surface area (Å²) in [5.74, 6) is -0.139. The molecule has 5 heteroatoms. The van der Waals surface area contributed by atoms with Gasteiger partial charge in [-0.1, -0.05) is 0 Å². The van der Waals surface area contributed by atoms with Gasteiger partial charge in [0.2, 0.25) is 0 Å². The van der Waals surface area contributed by atoms with E-state index in [4.69, 9.17) is 14.9 Å². The van der Waals surface area contributed by atoms with Crippen molar-refractivity contribution in [3.8, 4) is 0 Å². The zero-order chi connectivity index (χ0) is 10.7. The lowest BCUT2D eigenvalue weighted by Crippen LogP contribution is -2.39. The molecule has 0 amide bonds. The number of carboxylic acids is 1. The highest BCUT2D eigenvalue weighted by Crippen LogP contribution is 2.18. The predicted molar refractivity (Wildman–Crippen MR) is 51.9 cm³/mol. The minimum atomic E-state index is -0.697. The van der Waals surface area contributed by atoms with Crippen molar-refractivity contribution in [1.29, 1.82) is 0 Å². The summed E-state index contributed by atoms with van der Waals surface area (Å²) in [6.45, 7) is 2.69. The van der Waals surface area contributed by atoms with E-state index in [0.29, 0.717) is 19.7 Å². The van der Waals surface area contributed by atoms with Crippen LogP contribution in [0, 0.1) is 5.92 Å². The van der Waals surface area contributed by atoms with Gasteiger partial charge < -0.3 is 9.99 Å². The molecular weight excluding hydrogens is 198 g/mol. The monoisotopic (exact) mass is 213 g/mol. The molecule has 1 saturated heterocycles. The molecule has 2 aliphatic rings. The molecule has 0 spiro atoms. The molecule has 15 heavy (non-hydrogen) atoms. The molecule has 5 nitrogen and oxygen atoms in total. The van der Waals surface area contributed by atoms with Crippen LogP contribution in [-0.2, 0) is 14.6 Å². The average molecular weight is 213 g/mol. The van der Waals surface area contributed by atoms with Gasteiger partial charge in [-0.25, -0.2) is 0 Å². The van der Waals surface area contributed by atoms with Gasteiger partial charge in [-0.05, 0) is 25.5 Å². The fourth-order valence-electron chi connectivity index (χ4n) is 1.98. The van der Waals surface area contributed by atoms with E-state index in [9.17, 15) is 4.79 Å². The maximum atomic E-state index is 10.8. The molecule has 0 bridgehead atoms. The predicted octanol–water partition coefficient (Wildman–Crippen LogP) is 0.629. The van der Waals surface area contributed by atoms with Crippen molar-refractivity contribution in [1.82, 2.24) is 4.90 Å². The van der Waals surface area contributed by atoms with Crippen LogP contribution in [0.1, 0.15) is 12.8 Å². The Bertz CT molecular complexity index is 277. The maximum Gasteiger partial charge on any atom is 0.307 e. The second kappa shape index (κ2) is 4.63. The van der Waals surface area contributed by atoms with E-state index in [-0.39, 0.29) is 5.92 Å². The zero-order valence-electron chi connectivity index (χ0n) is 8.52. The Morgan fingerprint density at radius 1 is 1.67 bits per heavy atom. The number of carboxylic acid groups (broad SMARTS) is 1. The summed E-state index contributed by atoms with van der Waals surface area (Å²) < 4.78 is 0. The van der Waals surface area contributed by atoms with Gasteiger partial charge in [0, 0.05) is 6.54 Å². The molecule has 0 aliphatic carbocycles. The minimum Gasteiger partial charge on any atom is -0.481 e. The van der Waals surface area contributed by atoms with Crippen LogP contribution in [0.2, 0.25) is 0 Å². The minimum absolute atomic E-state index is 0.235. The molecule has 2 heterocycles. The van der Waals surface area contributed by atoms with Crippen molar-refractivity contribution >= 4 is 5.97 Å². The fourth-order valence-corrected chi connectivity index (χ4v) is 1.98. The smallest absolute Gasteiger partial charge is 0.307 e. The summed E-state index contributed by atoms with van der Waals surface area (Å²) in [5.41, 5.74) is 0. The van der Waals surface area contributed by atoms with Gasteiger partial charge in [0.05, 0.1) is 12.5 Å². The van der Waals surface area contributed by atoms with Crippen molar-refractivity contribution < 1.29 is 19.7 Å². The molecule has 0 aromatic heterocycles. The van der Waals surface area contributed by atoms with E-state index in [1.807, 2.05) is 6.08 Å². The van der Waals surface area contributed by atoms with E-state index in [2.05, 4.69) is 4.90 Å². The normalized spacial score (nSPS) is 27.2. The summed E-state index contributed by atoms with van der Waals surface area (Å²) in [6.07, 6.45) is 3.59. The lowest BCUT2D eigenvalue weighted by atomic mass is 9.98. The van der Waals surface area contributed by atoms with Crippen LogP contribution in [0.5, 0.6) is 0 Å². The number of carbonyl (C=O) groups is 1. The first-order valence-electron chi connectivity index (χ1n) is 5.19.